The van der Waals surface area contributed by atoms with Gasteiger partial charge in [-0.3, -0.25) is 0 Å². The number of amidine groups is 2. The number of nitrogens with zero attached hydrogens (tertiary/aromatic N) is 3. The summed E-state index contributed by atoms with van der Waals surface area (Å²) in [5.74, 6) is 1.87. The first kappa shape index (κ1) is 32.2. The second-order valence-electron chi connectivity index (χ2n) is 14.9. The number of furan rings is 1. The number of fused-ring (bicyclic) bond motifs is 9. The molecule has 57 heavy (non-hydrogen) atoms. The summed E-state index contributed by atoms with van der Waals surface area (Å²) >= 11 is 1.83. The van der Waals surface area contributed by atoms with E-state index >= 15 is 0 Å². The standard InChI is InChI=1S/C51H34N4OS/c1-3-13-31(14-4-1)49-52-50(32-15-5-2-6-16-32)54-51(53-49)33-25-27-37-39-20-11-21-40(48(39)57-46(37)29-33)38-19-12-24-45-47(38)41-30-34(26-28-44(41)56-45)55-42-22-9-7-17-35(42)36-18-8-10-23-43(36)55/h1-30,35,42,49H,(H,52,53,54). The highest BCUT2D eigenvalue weighted by Gasteiger charge is 2.37. The fourth-order valence-electron chi connectivity index (χ4n) is 9.06. The average Bonchev–Trinajstić information content (AvgIpc) is 3.96. The zero-order valence-electron chi connectivity index (χ0n) is 30.7. The third-order valence-electron chi connectivity index (χ3n) is 11.7. The molecule has 270 valence electrons. The van der Waals surface area contributed by atoms with Crippen molar-refractivity contribution >= 4 is 76.5 Å². The van der Waals surface area contributed by atoms with E-state index < -0.39 is 0 Å². The summed E-state index contributed by atoms with van der Waals surface area (Å²) in [4.78, 5) is 12.7. The monoisotopic (exact) mass is 750 g/mol. The van der Waals surface area contributed by atoms with Crippen molar-refractivity contribution in [3.05, 3.63) is 204 Å². The SMILES string of the molecule is C1=CC2c3ccccc3N(c3ccc4oc5cccc(-c6cccc7c6sc6cc(C8=NC(c9ccccc9)NC(c9ccccc9)=N8)ccc67)c5c4c3)C2C=C1. The van der Waals surface area contributed by atoms with E-state index in [4.69, 9.17) is 14.4 Å². The molecule has 0 fully saturated rings. The Morgan fingerprint density at radius 1 is 0.614 bits per heavy atom. The van der Waals surface area contributed by atoms with Crippen LogP contribution in [0, 0.1) is 0 Å². The molecule has 9 aromatic rings. The van der Waals surface area contributed by atoms with Gasteiger partial charge in [0, 0.05) is 64.9 Å². The van der Waals surface area contributed by atoms with Crippen molar-refractivity contribution in [2.75, 3.05) is 4.90 Å². The van der Waals surface area contributed by atoms with Crippen LogP contribution in [0.3, 0.4) is 0 Å². The van der Waals surface area contributed by atoms with Gasteiger partial charge in [0.05, 0.1) is 6.04 Å². The van der Waals surface area contributed by atoms with Crippen molar-refractivity contribution in [2.45, 2.75) is 18.1 Å². The number of hydrogen-bond donors (Lipinski definition) is 1. The third kappa shape index (κ3) is 5.14. The fourth-order valence-corrected chi connectivity index (χ4v) is 10.3. The minimum Gasteiger partial charge on any atom is -0.456 e. The smallest absolute Gasteiger partial charge is 0.159 e. The molecule has 0 saturated heterocycles. The number of aliphatic imine (C=N–C) groups is 2. The number of hydrogen-bond acceptors (Lipinski definition) is 6. The molecular formula is C51H34N4OS. The summed E-state index contributed by atoms with van der Waals surface area (Å²) < 4.78 is 9.02. The molecule has 0 bridgehead atoms. The molecule has 6 heteroatoms. The molecule has 3 atom stereocenters. The van der Waals surface area contributed by atoms with E-state index in [2.05, 4.69) is 168 Å². The number of anilines is 2. The highest BCUT2D eigenvalue weighted by Crippen LogP contribution is 2.49. The minimum absolute atomic E-state index is 0.232. The fraction of sp³-hybridized carbons (Fsp3) is 0.0588. The van der Waals surface area contributed by atoms with Gasteiger partial charge < -0.3 is 14.6 Å². The van der Waals surface area contributed by atoms with Crippen LogP contribution in [0.1, 0.15) is 34.3 Å². The van der Waals surface area contributed by atoms with Crippen molar-refractivity contribution in [1.82, 2.24) is 5.32 Å². The lowest BCUT2D eigenvalue weighted by atomic mass is 9.91. The lowest BCUT2D eigenvalue weighted by Crippen LogP contribution is -2.33. The summed E-state index contributed by atoms with van der Waals surface area (Å²) in [5, 5.41) is 8.31. The number of rotatable bonds is 5. The van der Waals surface area contributed by atoms with Crippen molar-refractivity contribution < 1.29 is 4.42 Å². The molecule has 0 saturated carbocycles. The maximum absolute atomic E-state index is 6.57. The van der Waals surface area contributed by atoms with E-state index in [0.29, 0.717) is 5.92 Å². The quantitative estimate of drug-likeness (QED) is 0.191. The molecule has 2 aromatic heterocycles. The summed E-state index contributed by atoms with van der Waals surface area (Å²) in [7, 11) is 0. The first-order valence-electron chi connectivity index (χ1n) is 19.4. The van der Waals surface area contributed by atoms with Crippen LogP contribution in [0.15, 0.2) is 196 Å². The molecule has 0 radical (unpaired) electrons. The Balaban J connectivity index is 0.987. The number of nitrogens with one attached hydrogen (secondary N) is 1. The van der Waals surface area contributed by atoms with E-state index in [1.807, 2.05) is 35.6 Å². The van der Waals surface area contributed by atoms with Gasteiger partial charge >= 0.3 is 0 Å². The van der Waals surface area contributed by atoms with Crippen molar-refractivity contribution in [3.63, 3.8) is 0 Å². The van der Waals surface area contributed by atoms with E-state index in [9.17, 15) is 0 Å². The predicted octanol–water partition coefficient (Wildman–Crippen LogP) is 12.8. The average molecular weight is 751 g/mol. The maximum Gasteiger partial charge on any atom is 0.159 e. The van der Waals surface area contributed by atoms with Crippen molar-refractivity contribution in [3.8, 4) is 11.1 Å². The van der Waals surface area contributed by atoms with Crippen LogP contribution >= 0.6 is 11.3 Å². The molecule has 2 aliphatic heterocycles. The van der Waals surface area contributed by atoms with E-state index in [1.165, 1.54) is 48.2 Å². The van der Waals surface area contributed by atoms with Crippen LogP contribution in [-0.4, -0.2) is 17.7 Å². The lowest BCUT2D eigenvalue weighted by Gasteiger charge is -2.28. The molecular weight excluding hydrogens is 717 g/mol. The van der Waals surface area contributed by atoms with Gasteiger partial charge in [0.1, 0.15) is 23.2 Å². The molecule has 1 N–H and O–H groups in total. The highest BCUT2D eigenvalue weighted by atomic mass is 32.1. The first-order chi connectivity index (χ1) is 28.2. The zero-order chi connectivity index (χ0) is 37.5. The molecule has 4 heterocycles. The summed E-state index contributed by atoms with van der Waals surface area (Å²) in [6, 6.07) is 56.2. The molecule has 7 aromatic carbocycles. The summed E-state index contributed by atoms with van der Waals surface area (Å²) in [6.07, 6.45) is 8.76. The van der Waals surface area contributed by atoms with Gasteiger partial charge in [-0.05, 0) is 53.1 Å². The van der Waals surface area contributed by atoms with Gasteiger partial charge in [0.15, 0.2) is 5.84 Å². The highest BCUT2D eigenvalue weighted by molar-refractivity contribution is 7.26. The molecule has 0 amide bonds. The number of allylic oxidation sites excluding steroid dienone is 2. The van der Waals surface area contributed by atoms with Gasteiger partial charge in [-0.2, -0.15) is 0 Å². The molecule has 1 aliphatic carbocycles. The Kier molecular flexibility index (Phi) is 7.22. The molecule has 3 unspecified atom stereocenters. The molecule has 3 aliphatic rings. The second-order valence-corrected chi connectivity index (χ2v) is 16.0. The normalized spacial score (nSPS) is 18.5. The van der Waals surface area contributed by atoms with E-state index in [0.717, 1.165) is 50.3 Å². The van der Waals surface area contributed by atoms with Crippen LogP contribution in [0.25, 0.3) is 53.2 Å². The second kappa shape index (κ2) is 12.8. The van der Waals surface area contributed by atoms with Crippen LogP contribution in [0.2, 0.25) is 0 Å². The molecule has 12 rings (SSSR count). The Morgan fingerprint density at radius 2 is 1.42 bits per heavy atom. The molecule has 5 nitrogen and oxygen atoms in total. The lowest BCUT2D eigenvalue weighted by molar-refractivity contribution is 0.669. The van der Waals surface area contributed by atoms with Crippen molar-refractivity contribution in [2.24, 2.45) is 9.98 Å². The first-order valence-corrected chi connectivity index (χ1v) is 20.2. The Morgan fingerprint density at radius 3 is 2.33 bits per heavy atom. The van der Waals surface area contributed by atoms with Gasteiger partial charge in [0.2, 0.25) is 0 Å². The Hall–Kier alpha value is -7.02. The Labute approximate surface area is 333 Å². The van der Waals surface area contributed by atoms with Crippen LogP contribution in [0.5, 0.6) is 0 Å². The van der Waals surface area contributed by atoms with Crippen LogP contribution in [-0.2, 0) is 0 Å². The number of thiophene rings is 1. The topological polar surface area (TPSA) is 53.1 Å². The van der Waals surface area contributed by atoms with Crippen molar-refractivity contribution in [1.29, 1.82) is 0 Å². The predicted molar refractivity (Wildman–Crippen MR) is 237 cm³/mol. The molecule has 0 spiro atoms. The van der Waals surface area contributed by atoms with Crippen LogP contribution in [0.4, 0.5) is 11.4 Å². The van der Waals surface area contributed by atoms with E-state index in [1.54, 1.807) is 0 Å². The van der Waals surface area contributed by atoms with Gasteiger partial charge in [-0.25, -0.2) is 9.98 Å². The Bertz CT molecular complexity index is 3190. The summed E-state index contributed by atoms with van der Waals surface area (Å²) in [5.41, 5.74) is 11.1. The van der Waals surface area contributed by atoms with Gasteiger partial charge in [-0.1, -0.05) is 146 Å². The van der Waals surface area contributed by atoms with Gasteiger partial charge in [0.25, 0.3) is 0 Å². The zero-order valence-corrected chi connectivity index (χ0v) is 31.5. The number of para-hydroxylation sites is 1. The third-order valence-corrected chi connectivity index (χ3v) is 12.9. The van der Waals surface area contributed by atoms with Gasteiger partial charge in [-0.15, -0.1) is 11.3 Å². The minimum atomic E-state index is -0.248. The maximum atomic E-state index is 6.57. The largest absolute Gasteiger partial charge is 0.456 e. The van der Waals surface area contributed by atoms with Crippen LogP contribution < -0.4 is 10.2 Å². The summed E-state index contributed by atoms with van der Waals surface area (Å²) in [6.45, 7) is 0. The van der Waals surface area contributed by atoms with E-state index in [-0.39, 0.29) is 12.2 Å². The number of benzene rings is 7.